The van der Waals surface area contributed by atoms with Crippen molar-refractivity contribution in [1.82, 2.24) is 25.3 Å². The van der Waals surface area contributed by atoms with E-state index in [2.05, 4.69) is 25.3 Å². The molecule has 0 spiro atoms. The molecule has 1 N–H and O–H groups in total. The number of ether oxygens (including phenoxy) is 1. The Morgan fingerprint density at radius 2 is 1.75 bits per heavy atom. The molecule has 32 heavy (non-hydrogen) atoms. The summed E-state index contributed by atoms with van der Waals surface area (Å²) in [6, 6.07) is 17.6. The van der Waals surface area contributed by atoms with Gasteiger partial charge in [-0.05, 0) is 36.8 Å². The zero-order valence-corrected chi connectivity index (χ0v) is 18.5. The number of methoxy groups -OCH3 is 1. The average molecular weight is 436 g/mol. The van der Waals surface area contributed by atoms with Crippen LogP contribution in [0, 0.1) is 0 Å². The zero-order valence-electron chi connectivity index (χ0n) is 18.5. The molecule has 3 aromatic rings. The second-order valence-corrected chi connectivity index (χ2v) is 7.99. The van der Waals surface area contributed by atoms with Crippen LogP contribution in [0.1, 0.15) is 24.4 Å². The number of carbonyl (C=O) groups is 1. The van der Waals surface area contributed by atoms with Gasteiger partial charge in [-0.2, -0.15) is 4.98 Å². The first-order valence-corrected chi connectivity index (χ1v) is 10.9. The van der Waals surface area contributed by atoms with Crippen molar-refractivity contribution in [2.45, 2.75) is 19.5 Å². The molecule has 2 aromatic carbocycles. The molecule has 2 heterocycles. The van der Waals surface area contributed by atoms with Crippen molar-refractivity contribution in [3.63, 3.8) is 0 Å². The quantitative estimate of drug-likeness (QED) is 0.582. The number of hydrogen-bond donors (Lipinski definition) is 1. The predicted octanol–water partition coefficient (Wildman–Crippen LogP) is 2.74. The normalized spacial score (nSPS) is 15.9. The number of nitrogens with zero attached hydrogens (tertiary/aromatic N) is 4. The Hall–Kier alpha value is -3.23. The molecule has 1 aliphatic heterocycles. The number of piperazine rings is 1. The number of aromatic nitrogens is 2. The van der Waals surface area contributed by atoms with E-state index in [4.69, 9.17) is 9.26 Å². The summed E-state index contributed by atoms with van der Waals surface area (Å²) in [7, 11) is 1.64. The average Bonchev–Trinajstić information content (AvgIpc) is 3.29. The molecule has 8 nitrogen and oxygen atoms in total. The molecule has 1 unspecified atom stereocenters. The maximum Gasteiger partial charge on any atom is 0.241 e. The van der Waals surface area contributed by atoms with Crippen LogP contribution in [-0.2, 0) is 11.3 Å². The maximum atomic E-state index is 12.4. The lowest BCUT2D eigenvalue weighted by Crippen LogP contribution is -2.49. The molecular formula is C24H29N5O3. The summed E-state index contributed by atoms with van der Waals surface area (Å²) in [6.07, 6.45) is 0. The van der Waals surface area contributed by atoms with E-state index in [-0.39, 0.29) is 11.9 Å². The van der Waals surface area contributed by atoms with Crippen LogP contribution in [0.3, 0.4) is 0 Å². The topological polar surface area (TPSA) is 83.7 Å². The number of nitrogens with one attached hydrogen (secondary N) is 1. The van der Waals surface area contributed by atoms with E-state index in [0.29, 0.717) is 24.8 Å². The standard InChI is InChI=1S/C24H29N5O3/c1-18(19-6-4-3-5-7-19)25-22(30)16-28-12-14-29(15-13-28)17-23-26-24(27-32-23)20-8-10-21(31-2)11-9-20/h3-11,18H,12-17H2,1-2H3,(H,25,30). The van der Waals surface area contributed by atoms with Crippen LogP contribution in [0.5, 0.6) is 5.75 Å². The van der Waals surface area contributed by atoms with Crippen LogP contribution in [-0.4, -0.2) is 65.7 Å². The third kappa shape index (κ3) is 5.72. The van der Waals surface area contributed by atoms with Gasteiger partial charge in [-0.15, -0.1) is 0 Å². The number of carbonyl (C=O) groups excluding carboxylic acids is 1. The van der Waals surface area contributed by atoms with Crippen molar-refractivity contribution in [2.75, 3.05) is 39.8 Å². The highest BCUT2D eigenvalue weighted by atomic mass is 16.5. The highest BCUT2D eigenvalue weighted by Gasteiger charge is 2.21. The van der Waals surface area contributed by atoms with Gasteiger partial charge in [0.05, 0.1) is 26.2 Å². The Morgan fingerprint density at radius 1 is 1.06 bits per heavy atom. The molecule has 1 amide bonds. The van der Waals surface area contributed by atoms with E-state index in [1.54, 1.807) is 7.11 Å². The van der Waals surface area contributed by atoms with Gasteiger partial charge in [0, 0.05) is 31.7 Å². The predicted molar refractivity (Wildman–Crippen MR) is 121 cm³/mol. The molecule has 1 atom stereocenters. The minimum atomic E-state index is 0.00223. The van der Waals surface area contributed by atoms with Crippen molar-refractivity contribution in [2.24, 2.45) is 0 Å². The van der Waals surface area contributed by atoms with Crippen LogP contribution in [0.2, 0.25) is 0 Å². The summed E-state index contributed by atoms with van der Waals surface area (Å²) in [5.74, 6) is 2.01. The number of rotatable bonds is 8. The molecular weight excluding hydrogens is 406 g/mol. The van der Waals surface area contributed by atoms with Crippen LogP contribution in [0.15, 0.2) is 59.1 Å². The summed E-state index contributed by atoms with van der Waals surface area (Å²) < 4.78 is 10.6. The summed E-state index contributed by atoms with van der Waals surface area (Å²) in [5.41, 5.74) is 2.00. The van der Waals surface area contributed by atoms with E-state index in [1.165, 1.54) is 0 Å². The van der Waals surface area contributed by atoms with Gasteiger partial charge in [0.1, 0.15) is 5.75 Å². The lowest BCUT2D eigenvalue weighted by Gasteiger charge is -2.33. The molecule has 0 radical (unpaired) electrons. The van der Waals surface area contributed by atoms with Crippen LogP contribution in [0.25, 0.3) is 11.4 Å². The van der Waals surface area contributed by atoms with Crippen LogP contribution < -0.4 is 10.1 Å². The van der Waals surface area contributed by atoms with Crippen molar-refractivity contribution < 1.29 is 14.1 Å². The molecule has 4 rings (SSSR count). The SMILES string of the molecule is COc1ccc(-c2noc(CN3CCN(CC(=O)NC(C)c4ccccc4)CC3)n2)cc1. The summed E-state index contributed by atoms with van der Waals surface area (Å²) in [4.78, 5) is 21.4. The van der Waals surface area contributed by atoms with E-state index < -0.39 is 0 Å². The molecule has 8 heteroatoms. The Kier molecular flexibility index (Phi) is 7.14. The van der Waals surface area contributed by atoms with Gasteiger partial charge in [-0.3, -0.25) is 14.6 Å². The van der Waals surface area contributed by atoms with Crippen molar-refractivity contribution in [3.05, 3.63) is 66.1 Å². The van der Waals surface area contributed by atoms with Crippen LogP contribution >= 0.6 is 0 Å². The second-order valence-electron chi connectivity index (χ2n) is 7.99. The fraction of sp³-hybridized carbons (Fsp3) is 0.375. The molecule has 1 saturated heterocycles. The van der Waals surface area contributed by atoms with Gasteiger partial charge in [0.15, 0.2) is 0 Å². The first kappa shape index (κ1) is 22.0. The van der Waals surface area contributed by atoms with E-state index in [1.807, 2.05) is 61.5 Å². The van der Waals surface area contributed by atoms with Crippen molar-refractivity contribution in [1.29, 1.82) is 0 Å². The lowest BCUT2D eigenvalue weighted by atomic mass is 10.1. The Bertz CT molecular complexity index is 998. The smallest absolute Gasteiger partial charge is 0.241 e. The fourth-order valence-electron chi connectivity index (χ4n) is 3.79. The van der Waals surface area contributed by atoms with E-state index in [0.717, 1.165) is 43.1 Å². The van der Waals surface area contributed by atoms with Gasteiger partial charge in [-0.1, -0.05) is 35.5 Å². The largest absolute Gasteiger partial charge is 0.497 e. The molecule has 0 aliphatic carbocycles. The van der Waals surface area contributed by atoms with Gasteiger partial charge in [0.2, 0.25) is 17.6 Å². The zero-order chi connectivity index (χ0) is 22.3. The number of benzene rings is 2. The molecule has 1 aliphatic rings. The monoisotopic (exact) mass is 435 g/mol. The molecule has 0 saturated carbocycles. The van der Waals surface area contributed by atoms with Gasteiger partial charge in [0.25, 0.3) is 0 Å². The number of amides is 1. The van der Waals surface area contributed by atoms with Gasteiger partial charge < -0.3 is 14.6 Å². The summed E-state index contributed by atoms with van der Waals surface area (Å²) >= 11 is 0. The van der Waals surface area contributed by atoms with Crippen LogP contribution in [0.4, 0.5) is 0 Å². The molecule has 1 aromatic heterocycles. The third-order valence-electron chi connectivity index (χ3n) is 5.68. The Balaban J connectivity index is 1.22. The molecule has 0 bridgehead atoms. The van der Waals surface area contributed by atoms with Crippen molar-refractivity contribution >= 4 is 5.91 Å². The first-order chi connectivity index (χ1) is 15.6. The van der Waals surface area contributed by atoms with E-state index >= 15 is 0 Å². The summed E-state index contributed by atoms with van der Waals surface area (Å²) in [5, 5.41) is 7.18. The highest BCUT2D eigenvalue weighted by molar-refractivity contribution is 5.78. The Morgan fingerprint density at radius 3 is 2.44 bits per heavy atom. The minimum absolute atomic E-state index is 0.00223. The van der Waals surface area contributed by atoms with Gasteiger partial charge >= 0.3 is 0 Å². The van der Waals surface area contributed by atoms with Crippen molar-refractivity contribution in [3.8, 4) is 17.1 Å². The maximum absolute atomic E-state index is 12.4. The third-order valence-corrected chi connectivity index (χ3v) is 5.68. The highest BCUT2D eigenvalue weighted by Crippen LogP contribution is 2.20. The fourth-order valence-corrected chi connectivity index (χ4v) is 3.79. The Labute approximate surface area is 188 Å². The summed E-state index contributed by atoms with van der Waals surface area (Å²) in [6.45, 7) is 6.37. The van der Waals surface area contributed by atoms with E-state index in [9.17, 15) is 4.79 Å². The molecule has 1 fully saturated rings. The minimum Gasteiger partial charge on any atom is -0.497 e. The molecule has 168 valence electrons. The number of hydrogen-bond acceptors (Lipinski definition) is 7. The first-order valence-electron chi connectivity index (χ1n) is 10.9. The second kappa shape index (κ2) is 10.4. The lowest BCUT2D eigenvalue weighted by molar-refractivity contribution is -0.123. The van der Waals surface area contributed by atoms with Gasteiger partial charge in [-0.25, -0.2) is 0 Å².